The zero-order valence-corrected chi connectivity index (χ0v) is 45.4. The summed E-state index contributed by atoms with van der Waals surface area (Å²) in [4.78, 5) is 41.7. The second kappa shape index (κ2) is 23.2. The summed E-state index contributed by atoms with van der Waals surface area (Å²) in [5.74, 6) is -2.29. The number of rotatable bonds is 24. The number of fused-ring (bicyclic) bond motifs is 2. The average Bonchev–Trinajstić information content (AvgIpc) is 4.03. The van der Waals surface area contributed by atoms with Gasteiger partial charge in [-0.3, -0.25) is 30.2 Å². The Morgan fingerprint density at radius 3 is 1.47 bits per heavy atom. The second-order valence-electron chi connectivity index (χ2n) is 19.3. The second-order valence-corrected chi connectivity index (χ2v) is 24.2. The van der Waals surface area contributed by atoms with E-state index in [1.807, 2.05) is 24.3 Å². The molecule has 0 aliphatic heterocycles. The van der Waals surface area contributed by atoms with Crippen LogP contribution in [0.3, 0.4) is 0 Å². The number of aromatic nitrogens is 4. The highest BCUT2D eigenvalue weighted by Crippen LogP contribution is 2.46. The van der Waals surface area contributed by atoms with Crippen molar-refractivity contribution in [1.29, 1.82) is 0 Å². The monoisotopic (exact) mass is 1130 g/mol. The van der Waals surface area contributed by atoms with Gasteiger partial charge in [-0.25, -0.2) is 16.8 Å². The Labute approximate surface area is 454 Å². The van der Waals surface area contributed by atoms with Gasteiger partial charge in [-0.05, 0) is 104 Å². The third-order valence-corrected chi connectivity index (χ3v) is 16.3. The third-order valence-electron chi connectivity index (χ3n) is 13.6. The number of aliphatic hydroxyl groups excluding tert-OH is 2. The number of carbonyl (C=O) groups is 2. The summed E-state index contributed by atoms with van der Waals surface area (Å²) in [5, 5.41) is 45.3. The van der Waals surface area contributed by atoms with Gasteiger partial charge in [-0.1, -0.05) is 59.6 Å². The number of pyridine rings is 4. The fraction of sp³-hybridized carbons (Fsp3) is 0.358. The number of hydrogen-bond donors (Lipinski definition) is 6. The predicted octanol–water partition coefficient (Wildman–Crippen LogP) is 6.58. The zero-order valence-electron chi connectivity index (χ0n) is 42.2. The number of carboxylic acid groups (broad SMARTS) is 2. The number of ether oxygens (including phenoxy) is 4. The lowest BCUT2D eigenvalue weighted by Crippen LogP contribution is -2.52. The molecule has 8 rings (SSSR count). The van der Waals surface area contributed by atoms with Crippen molar-refractivity contribution in [3.05, 3.63) is 140 Å². The maximum Gasteiger partial charge on any atom is 0.326 e. The summed E-state index contributed by atoms with van der Waals surface area (Å²) in [6, 6.07) is 18.0. The fourth-order valence-corrected chi connectivity index (χ4v) is 10.6. The minimum absolute atomic E-state index is 0.000521. The van der Waals surface area contributed by atoms with Gasteiger partial charge >= 0.3 is 11.9 Å². The van der Waals surface area contributed by atoms with Gasteiger partial charge in [0.1, 0.15) is 46.5 Å². The van der Waals surface area contributed by atoms with E-state index in [0.29, 0.717) is 47.9 Å². The Kier molecular flexibility index (Phi) is 17.1. The first-order chi connectivity index (χ1) is 36.5. The Hall–Kier alpha value is -6.50. The number of carboxylic acids is 2. The van der Waals surface area contributed by atoms with Gasteiger partial charge in [0.25, 0.3) is 0 Å². The summed E-state index contributed by atoms with van der Waals surface area (Å²) < 4.78 is 74.5. The first kappa shape index (κ1) is 56.7. The lowest BCUT2D eigenvalue weighted by Gasteiger charge is -2.26. The molecule has 0 spiro atoms. The van der Waals surface area contributed by atoms with E-state index in [4.69, 9.17) is 47.1 Å². The van der Waals surface area contributed by atoms with E-state index >= 15 is 0 Å². The number of halogens is 2. The number of nitrogens with zero attached hydrogens (tertiary/aromatic N) is 4. The van der Waals surface area contributed by atoms with Crippen LogP contribution in [0.1, 0.15) is 89.8 Å². The highest BCUT2D eigenvalue weighted by atomic mass is 35.5. The van der Waals surface area contributed by atoms with Crippen LogP contribution >= 0.6 is 23.2 Å². The van der Waals surface area contributed by atoms with Crippen molar-refractivity contribution >= 4 is 54.8 Å². The molecule has 4 atom stereocenters. The Bertz CT molecular complexity index is 3460. The molecule has 6 aromatic rings. The first-order valence-corrected chi connectivity index (χ1v) is 28.7. The largest absolute Gasteiger partial charge is 0.480 e. The molecular formula is C53H56Cl2N6O14S2. The molecule has 0 amide bonds. The van der Waals surface area contributed by atoms with Crippen LogP contribution in [0.4, 0.5) is 0 Å². The summed E-state index contributed by atoms with van der Waals surface area (Å²) in [5.41, 5.74) is 4.31. The number of aliphatic carboxylic acids is 2. The minimum Gasteiger partial charge on any atom is -0.480 e. The lowest BCUT2D eigenvalue weighted by atomic mass is 9.91. The molecule has 2 aliphatic rings. The van der Waals surface area contributed by atoms with Crippen molar-refractivity contribution in [3.63, 3.8) is 0 Å². The summed E-state index contributed by atoms with van der Waals surface area (Å²) in [6.07, 6.45) is 8.87. The van der Waals surface area contributed by atoms with Crippen LogP contribution in [0.25, 0.3) is 11.1 Å². The van der Waals surface area contributed by atoms with Gasteiger partial charge in [0.2, 0.25) is 23.5 Å². The van der Waals surface area contributed by atoms with Crippen molar-refractivity contribution in [1.82, 2.24) is 30.6 Å². The number of aliphatic hydroxyl groups is 2. The molecule has 2 aromatic carbocycles. The lowest BCUT2D eigenvalue weighted by molar-refractivity contribution is -0.146. The van der Waals surface area contributed by atoms with E-state index < -0.39 is 61.5 Å². The highest BCUT2D eigenvalue weighted by Gasteiger charge is 2.36. The standard InChI is InChI=1S/C53H56Cl2N6O14S2/c1-52(15-16-62,50(64)65)58-23-32-19-42(54)48(60-46(32)72-27-30-17-34(25-56-21-30)76(3,68)69)74-44-13-11-38-36(7-5-9-40(38)44)37-8-6-10-41-39(37)12-14-45(41)75-49-43(55)20-33(24-59-53(2,29-63)51(66)67)47(61-49)73-28-31-18-35(26-57-22-31)77(4,70)71/h5-10,17-22,25-26,44-45,58-59,62-63H,11-16,23-24,27-29H2,1-4H3,(H,64,65)(H,66,67)/t44-,45-,52?,53?/m0/s1. The molecule has 0 bridgehead atoms. The summed E-state index contributed by atoms with van der Waals surface area (Å²) in [7, 11) is -7.15. The summed E-state index contributed by atoms with van der Waals surface area (Å²) in [6.45, 7) is 1.15. The minimum atomic E-state index is -3.57. The Balaban J connectivity index is 1.05. The van der Waals surface area contributed by atoms with Crippen LogP contribution in [0.2, 0.25) is 10.0 Å². The molecule has 77 heavy (non-hydrogen) atoms. The molecule has 0 fully saturated rings. The normalized spacial score (nSPS) is 16.7. The molecule has 4 aromatic heterocycles. The van der Waals surface area contributed by atoms with Gasteiger partial charge in [0.15, 0.2) is 19.7 Å². The molecule has 20 nitrogen and oxygen atoms in total. The van der Waals surface area contributed by atoms with Gasteiger partial charge < -0.3 is 39.4 Å². The predicted molar refractivity (Wildman–Crippen MR) is 282 cm³/mol. The van der Waals surface area contributed by atoms with Crippen LogP contribution < -0.4 is 29.6 Å². The van der Waals surface area contributed by atoms with E-state index in [1.165, 1.54) is 56.8 Å². The van der Waals surface area contributed by atoms with Crippen LogP contribution in [-0.4, -0.2) is 106 Å². The molecule has 2 aliphatic carbocycles. The SMILES string of the molecule is CC(CO)(NCc1cc(Cl)c(O[C@H]2CCc3c(-c4cccc5c4CC[C@@H]5Oc4nc(OCc5cncc(S(C)(=O)=O)c5)c(CNC(C)(CCO)C(=O)O)cc4Cl)cccc32)nc1OCc1cncc(S(C)(=O)=O)c1)C(=O)O. The molecule has 408 valence electrons. The molecule has 0 saturated heterocycles. The van der Waals surface area contributed by atoms with E-state index in [-0.39, 0.29) is 82.7 Å². The molecule has 24 heteroatoms. The summed E-state index contributed by atoms with van der Waals surface area (Å²) >= 11 is 13.7. The van der Waals surface area contributed by atoms with E-state index in [9.17, 15) is 46.9 Å². The molecule has 0 radical (unpaired) electrons. The van der Waals surface area contributed by atoms with E-state index in [1.54, 1.807) is 6.07 Å². The van der Waals surface area contributed by atoms with E-state index in [0.717, 1.165) is 45.9 Å². The van der Waals surface area contributed by atoms with Gasteiger partial charge in [0, 0.05) is 79.2 Å². The molecule has 2 unspecified atom stereocenters. The van der Waals surface area contributed by atoms with Crippen LogP contribution in [0.5, 0.6) is 23.5 Å². The zero-order chi connectivity index (χ0) is 55.5. The van der Waals surface area contributed by atoms with Gasteiger partial charge in [0.05, 0.1) is 16.4 Å². The third kappa shape index (κ3) is 12.9. The maximum atomic E-state index is 12.3. The number of sulfone groups is 2. The number of nitrogens with one attached hydrogen (secondary N) is 2. The Morgan fingerprint density at radius 1 is 0.649 bits per heavy atom. The van der Waals surface area contributed by atoms with Crippen molar-refractivity contribution in [3.8, 4) is 34.6 Å². The van der Waals surface area contributed by atoms with Crippen LogP contribution in [-0.2, 0) is 68.4 Å². The van der Waals surface area contributed by atoms with Crippen molar-refractivity contribution in [2.24, 2.45) is 0 Å². The first-order valence-electron chi connectivity index (χ1n) is 24.2. The van der Waals surface area contributed by atoms with Gasteiger partial charge in [-0.2, -0.15) is 9.97 Å². The molecule has 4 heterocycles. The topological polar surface area (TPSA) is 296 Å². The van der Waals surface area contributed by atoms with Crippen LogP contribution in [0.15, 0.2) is 95.2 Å². The van der Waals surface area contributed by atoms with Crippen molar-refractivity contribution in [2.75, 3.05) is 25.7 Å². The highest BCUT2D eigenvalue weighted by molar-refractivity contribution is 7.91. The number of benzene rings is 2. The smallest absolute Gasteiger partial charge is 0.326 e. The number of hydrogen-bond acceptors (Lipinski definition) is 18. The van der Waals surface area contributed by atoms with E-state index in [2.05, 4.69) is 37.7 Å². The van der Waals surface area contributed by atoms with Crippen LogP contribution in [0, 0.1) is 0 Å². The maximum absolute atomic E-state index is 12.3. The fourth-order valence-electron chi connectivity index (χ4n) is 8.98. The molecule has 0 saturated carbocycles. The van der Waals surface area contributed by atoms with Crippen molar-refractivity contribution < 1.29 is 65.8 Å². The van der Waals surface area contributed by atoms with Crippen molar-refractivity contribution in [2.45, 2.75) is 105 Å². The molecular weight excluding hydrogens is 1080 g/mol. The average molecular weight is 1140 g/mol. The quantitative estimate of drug-likeness (QED) is 0.0373. The van der Waals surface area contributed by atoms with Gasteiger partial charge in [-0.15, -0.1) is 0 Å². The molecule has 6 N–H and O–H groups in total. The Morgan fingerprint density at radius 2 is 1.08 bits per heavy atom.